The minimum absolute atomic E-state index is 0.320. The largest absolute Gasteiger partial charge is 0.462 e. The van der Waals surface area contributed by atoms with Crippen molar-refractivity contribution in [2.24, 2.45) is 0 Å². The summed E-state index contributed by atoms with van der Waals surface area (Å²) in [5, 5.41) is 9.03. The second-order valence-electron chi connectivity index (χ2n) is 3.69. The third-order valence-corrected chi connectivity index (χ3v) is 2.48. The second-order valence-corrected chi connectivity index (χ2v) is 3.69. The Kier molecular flexibility index (Phi) is 4.65. The molecule has 1 aromatic rings. The van der Waals surface area contributed by atoms with Crippen LogP contribution in [0, 0.1) is 18.3 Å². The molecule has 0 aliphatic carbocycles. The van der Waals surface area contributed by atoms with E-state index in [0.29, 0.717) is 29.8 Å². The second kappa shape index (κ2) is 6.00. The highest BCUT2D eigenvalue weighted by Crippen LogP contribution is 2.19. The lowest BCUT2D eigenvalue weighted by atomic mass is 9.98. The summed E-state index contributed by atoms with van der Waals surface area (Å²) < 4.78 is 5.01. The van der Waals surface area contributed by atoms with Gasteiger partial charge in [0.15, 0.2) is 0 Å². The van der Waals surface area contributed by atoms with Crippen molar-refractivity contribution in [3.8, 4) is 6.07 Å². The molecule has 0 spiro atoms. The maximum Gasteiger partial charge on any atom is 0.340 e. The van der Waals surface area contributed by atoms with E-state index >= 15 is 0 Å². The first-order valence-corrected chi connectivity index (χ1v) is 5.71. The topological polar surface area (TPSA) is 63.0 Å². The summed E-state index contributed by atoms with van der Waals surface area (Å²) in [4.78, 5) is 15.9. The summed E-state index contributed by atoms with van der Waals surface area (Å²) in [6.45, 7) is 5.84. The Morgan fingerprint density at radius 2 is 2.24 bits per heavy atom. The Balaban J connectivity index is 3.34. The van der Waals surface area contributed by atoms with Crippen LogP contribution >= 0.6 is 0 Å². The van der Waals surface area contributed by atoms with Gasteiger partial charge in [-0.25, -0.2) is 4.79 Å². The standard InChI is InChI=1S/C13H16N2O2/c1-4-6-11-10(7-14)8-15-9(3)12(11)13(16)17-5-2/h8H,4-6H2,1-3H3. The maximum atomic E-state index is 11.9. The smallest absolute Gasteiger partial charge is 0.340 e. The Morgan fingerprint density at radius 3 is 2.76 bits per heavy atom. The molecule has 0 aliphatic rings. The molecule has 0 saturated carbocycles. The molecular formula is C13H16N2O2. The van der Waals surface area contributed by atoms with Crippen LogP contribution in [0.5, 0.6) is 0 Å². The number of pyridine rings is 1. The number of aromatic nitrogens is 1. The number of aryl methyl sites for hydroxylation is 1. The third kappa shape index (κ3) is 2.82. The van der Waals surface area contributed by atoms with Crippen molar-refractivity contribution < 1.29 is 9.53 Å². The zero-order valence-electron chi connectivity index (χ0n) is 10.4. The number of rotatable bonds is 4. The van der Waals surface area contributed by atoms with Crippen molar-refractivity contribution in [1.29, 1.82) is 5.26 Å². The van der Waals surface area contributed by atoms with E-state index in [9.17, 15) is 4.79 Å². The molecule has 0 aliphatic heterocycles. The summed E-state index contributed by atoms with van der Waals surface area (Å²) in [5.41, 5.74) is 2.28. The van der Waals surface area contributed by atoms with Crippen LogP contribution in [0.15, 0.2) is 6.20 Å². The summed E-state index contributed by atoms with van der Waals surface area (Å²) in [5.74, 6) is -0.391. The molecule has 0 unspecified atom stereocenters. The van der Waals surface area contributed by atoms with Crippen LogP contribution in [0.4, 0.5) is 0 Å². The average molecular weight is 232 g/mol. The predicted molar refractivity (Wildman–Crippen MR) is 63.6 cm³/mol. The molecule has 0 radical (unpaired) electrons. The molecule has 0 bridgehead atoms. The Bertz CT molecular complexity index is 461. The van der Waals surface area contributed by atoms with Crippen LogP contribution in [0.3, 0.4) is 0 Å². The molecule has 4 nitrogen and oxygen atoms in total. The van der Waals surface area contributed by atoms with Gasteiger partial charge in [0, 0.05) is 6.20 Å². The average Bonchev–Trinajstić information content (AvgIpc) is 2.30. The van der Waals surface area contributed by atoms with Crippen molar-refractivity contribution in [1.82, 2.24) is 4.98 Å². The van der Waals surface area contributed by atoms with Gasteiger partial charge in [0.05, 0.1) is 23.4 Å². The highest BCUT2D eigenvalue weighted by molar-refractivity contribution is 5.92. The van der Waals surface area contributed by atoms with Gasteiger partial charge < -0.3 is 4.74 Å². The van der Waals surface area contributed by atoms with Crippen LogP contribution in [0.25, 0.3) is 0 Å². The highest BCUT2D eigenvalue weighted by Gasteiger charge is 2.19. The van der Waals surface area contributed by atoms with E-state index in [1.807, 2.05) is 6.92 Å². The van der Waals surface area contributed by atoms with Crippen LogP contribution in [0.2, 0.25) is 0 Å². The Morgan fingerprint density at radius 1 is 1.53 bits per heavy atom. The lowest BCUT2D eigenvalue weighted by Gasteiger charge is -2.11. The number of nitriles is 1. The van der Waals surface area contributed by atoms with Gasteiger partial charge in [0.2, 0.25) is 0 Å². The van der Waals surface area contributed by atoms with E-state index in [0.717, 1.165) is 12.0 Å². The molecule has 0 saturated heterocycles. The fourth-order valence-corrected chi connectivity index (χ4v) is 1.74. The molecule has 90 valence electrons. The molecule has 4 heteroatoms. The van der Waals surface area contributed by atoms with Gasteiger partial charge in [-0.05, 0) is 25.8 Å². The summed E-state index contributed by atoms with van der Waals surface area (Å²) in [6.07, 6.45) is 3.06. The van der Waals surface area contributed by atoms with Gasteiger partial charge in [0.1, 0.15) is 6.07 Å². The number of carbonyl (C=O) groups excluding carboxylic acids is 1. The molecule has 0 atom stereocenters. The fourth-order valence-electron chi connectivity index (χ4n) is 1.74. The first kappa shape index (κ1) is 13.2. The summed E-state index contributed by atoms with van der Waals surface area (Å²) in [6, 6.07) is 2.07. The number of carbonyl (C=O) groups is 1. The monoisotopic (exact) mass is 232 g/mol. The van der Waals surface area contributed by atoms with Crippen LogP contribution < -0.4 is 0 Å². The van der Waals surface area contributed by atoms with E-state index in [1.54, 1.807) is 13.8 Å². The van der Waals surface area contributed by atoms with Crippen LogP contribution in [-0.2, 0) is 11.2 Å². The zero-order valence-corrected chi connectivity index (χ0v) is 10.4. The van der Waals surface area contributed by atoms with Crippen molar-refractivity contribution in [2.45, 2.75) is 33.6 Å². The van der Waals surface area contributed by atoms with Gasteiger partial charge in [-0.15, -0.1) is 0 Å². The molecule has 0 fully saturated rings. The zero-order chi connectivity index (χ0) is 12.8. The van der Waals surface area contributed by atoms with Gasteiger partial charge in [0.25, 0.3) is 0 Å². The highest BCUT2D eigenvalue weighted by atomic mass is 16.5. The maximum absolute atomic E-state index is 11.9. The van der Waals surface area contributed by atoms with E-state index in [-0.39, 0.29) is 0 Å². The van der Waals surface area contributed by atoms with E-state index in [4.69, 9.17) is 10.00 Å². The lowest BCUT2D eigenvalue weighted by Crippen LogP contribution is -2.13. The van der Waals surface area contributed by atoms with E-state index in [1.165, 1.54) is 6.20 Å². The predicted octanol–water partition coefficient (Wildman–Crippen LogP) is 2.39. The van der Waals surface area contributed by atoms with Crippen molar-refractivity contribution in [3.63, 3.8) is 0 Å². The molecule has 17 heavy (non-hydrogen) atoms. The Labute approximate surface area is 101 Å². The molecule has 1 aromatic heterocycles. The molecular weight excluding hydrogens is 216 g/mol. The first-order valence-electron chi connectivity index (χ1n) is 5.71. The SMILES string of the molecule is CCCc1c(C#N)cnc(C)c1C(=O)OCC. The van der Waals surface area contributed by atoms with Crippen molar-refractivity contribution in [2.75, 3.05) is 6.61 Å². The minimum atomic E-state index is -0.391. The third-order valence-electron chi connectivity index (χ3n) is 2.48. The minimum Gasteiger partial charge on any atom is -0.462 e. The number of nitrogens with zero attached hydrogens (tertiary/aromatic N) is 2. The van der Waals surface area contributed by atoms with Gasteiger partial charge in [-0.1, -0.05) is 13.3 Å². The van der Waals surface area contributed by atoms with E-state index < -0.39 is 5.97 Å². The number of ether oxygens (including phenoxy) is 1. The van der Waals surface area contributed by atoms with Crippen LogP contribution in [-0.4, -0.2) is 17.6 Å². The molecule has 0 aromatic carbocycles. The van der Waals surface area contributed by atoms with Crippen molar-refractivity contribution >= 4 is 5.97 Å². The van der Waals surface area contributed by atoms with Crippen LogP contribution in [0.1, 0.15) is 47.4 Å². The van der Waals surface area contributed by atoms with E-state index in [2.05, 4.69) is 11.1 Å². The number of hydrogen-bond donors (Lipinski definition) is 0. The summed E-state index contributed by atoms with van der Waals surface area (Å²) >= 11 is 0. The Hall–Kier alpha value is -1.89. The number of esters is 1. The molecule has 1 heterocycles. The normalized spacial score (nSPS) is 9.76. The molecule has 1 rings (SSSR count). The van der Waals surface area contributed by atoms with Gasteiger partial charge in [-0.3, -0.25) is 4.98 Å². The van der Waals surface area contributed by atoms with Gasteiger partial charge >= 0.3 is 5.97 Å². The first-order chi connectivity index (χ1) is 8.15. The van der Waals surface area contributed by atoms with Crippen molar-refractivity contribution in [3.05, 3.63) is 28.6 Å². The number of hydrogen-bond acceptors (Lipinski definition) is 4. The van der Waals surface area contributed by atoms with Gasteiger partial charge in [-0.2, -0.15) is 5.26 Å². The summed E-state index contributed by atoms with van der Waals surface area (Å²) in [7, 11) is 0. The molecule has 0 N–H and O–H groups in total. The quantitative estimate of drug-likeness (QED) is 0.748. The fraction of sp³-hybridized carbons (Fsp3) is 0.462. The lowest BCUT2D eigenvalue weighted by molar-refractivity contribution is 0.0523. The molecule has 0 amide bonds.